The van der Waals surface area contributed by atoms with E-state index in [1.807, 2.05) is 0 Å². The number of nitrogens with zero attached hydrogens (tertiary/aromatic N) is 4. The fourth-order valence-electron chi connectivity index (χ4n) is 0.664. The van der Waals surface area contributed by atoms with Crippen molar-refractivity contribution >= 4 is 34.2 Å². The molecule has 0 saturated heterocycles. The van der Waals surface area contributed by atoms with Gasteiger partial charge in [-0.05, 0) is 0 Å². The van der Waals surface area contributed by atoms with Crippen molar-refractivity contribution in [1.29, 1.82) is 0 Å². The van der Waals surface area contributed by atoms with Gasteiger partial charge in [-0.15, -0.1) is 0 Å². The van der Waals surface area contributed by atoms with Crippen molar-refractivity contribution in [1.82, 2.24) is 0 Å². The van der Waals surface area contributed by atoms with E-state index < -0.39 is 10.4 Å². The Hall–Kier alpha value is -2.65. The van der Waals surface area contributed by atoms with Crippen LogP contribution in [0, 0.1) is 0 Å². The molecule has 122 valence electrons. The number of nitrogens with two attached hydrogens (primary N) is 6. The second-order valence-corrected chi connectivity index (χ2v) is 3.90. The average Bonchev–Trinajstić information content (AvgIpc) is 2.19. The van der Waals surface area contributed by atoms with Crippen molar-refractivity contribution in [3.05, 3.63) is 0 Å². The maximum atomic E-state index is 8.74. The zero-order valence-electron chi connectivity index (χ0n) is 10.8. The normalized spacial score (nSPS) is 11.9. The van der Waals surface area contributed by atoms with Crippen LogP contribution >= 0.6 is 0 Å². The van der Waals surface area contributed by atoms with Gasteiger partial charge in [0.15, 0.2) is 11.9 Å². The lowest BCUT2D eigenvalue weighted by atomic mass is 10.6. The Morgan fingerprint density at radius 2 is 1.00 bits per heavy atom. The summed E-state index contributed by atoms with van der Waals surface area (Å²) in [7, 11) is -4.67. The first-order valence-corrected chi connectivity index (χ1v) is 6.30. The van der Waals surface area contributed by atoms with Crippen LogP contribution in [0.2, 0.25) is 0 Å². The summed E-state index contributed by atoms with van der Waals surface area (Å²) in [5.74, 6) is -0.388. The lowest BCUT2D eigenvalue weighted by molar-refractivity contribution is 0.381. The van der Waals surface area contributed by atoms with Gasteiger partial charge in [0.2, 0.25) is 11.9 Å². The summed E-state index contributed by atoms with van der Waals surface area (Å²) < 4.78 is 31.6. The summed E-state index contributed by atoms with van der Waals surface area (Å²) in [5.41, 5.74) is 31.0. The van der Waals surface area contributed by atoms with E-state index in [2.05, 4.69) is 20.0 Å². The van der Waals surface area contributed by atoms with Gasteiger partial charge in [0.1, 0.15) is 0 Å². The van der Waals surface area contributed by atoms with Gasteiger partial charge in [0.05, 0.1) is 13.1 Å². The molecule has 0 rings (SSSR count). The van der Waals surface area contributed by atoms with Gasteiger partial charge in [0, 0.05) is 0 Å². The highest BCUT2D eigenvalue weighted by atomic mass is 32.3. The standard InChI is InChI=1S/C6H16N10.H2O4S/c7-3(8)15-5(11)13-1-2-14-6(12)16-4(9)10;1-5(2,3)4/h1-2H2,(H6,7,8,11,13,15)(H6,9,10,12,14,16);(H2,1,2,3,4). The van der Waals surface area contributed by atoms with Crippen LogP contribution in [0.4, 0.5) is 0 Å². The predicted molar refractivity (Wildman–Crippen MR) is 78.8 cm³/mol. The Kier molecular flexibility index (Phi) is 10.0. The minimum absolute atomic E-state index is 0.0318. The molecule has 0 spiro atoms. The molecule has 0 fully saturated rings. The van der Waals surface area contributed by atoms with E-state index in [-0.39, 0.29) is 36.9 Å². The fourth-order valence-corrected chi connectivity index (χ4v) is 0.664. The first-order valence-electron chi connectivity index (χ1n) is 4.90. The van der Waals surface area contributed by atoms with Gasteiger partial charge >= 0.3 is 10.4 Å². The molecule has 0 saturated carbocycles. The number of aliphatic imine (C=N–C) groups is 4. The molecule has 14 N–H and O–H groups in total. The Labute approximate surface area is 120 Å². The minimum atomic E-state index is -4.67. The van der Waals surface area contributed by atoms with Crippen molar-refractivity contribution in [3.63, 3.8) is 0 Å². The molecule has 14 nitrogen and oxygen atoms in total. The highest BCUT2D eigenvalue weighted by Gasteiger charge is 1.90. The molecular weight excluding hydrogens is 308 g/mol. The molecule has 0 bridgehead atoms. The van der Waals surface area contributed by atoms with Crippen LogP contribution in [0.5, 0.6) is 0 Å². The van der Waals surface area contributed by atoms with E-state index in [4.69, 9.17) is 51.9 Å². The summed E-state index contributed by atoms with van der Waals surface area (Å²) in [6.45, 7) is 0.534. The lowest BCUT2D eigenvalue weighted by Crippen LogP contribution is -2.27. The van der Waals surface area contributed by atoms with Gasteiger partial charge in [0.25, 0.3) is 0 Å². The number of rotatable bonds is 3. The van der Waals surface area contributed by atoms with Crippen LogP contribution in [-0.2, 0) is 10.4 Å². The van der Waals surface area contributed by atoms with E-state index in [0.717, 1.165) is 0 Å². The van der Waals surface area contributed by atoms with Crippen molar-refractivity contribution in [2.75, 3.05) is 13.1 Å². The number of hydrogen-bond donors (Lipinski definition) is 8. The van der Waals surface area contributed by atoms with Crippen LogP contribution in [0.15, 0.2) is 20.0 Å². The van der Waals surface area contributed by atoms with Crippen LogP contribution in [0.3, 0.4) is 0 Å². The smallest absolute Gasteiger partial charge is 0.370 e. The third-order valence-electron chi connectivity index (χ3n) is 1.13. The largest absolute Gasteiger partial charge is 0.394 e. The first kappa shape index (κ1) is 20.7. The van der Waals surface area contributed by atoms with E-state index in [9.17, 15) is 0 Å². The molecule has 0 aromatic heterocycles. The van der Waals surface area contributed by atoms with Gasteiger partial charge < -0.3 is 34.4 Å². The van der Waals surface area contributed by atoms with E-state index in [1.54, 1.807) is 0 Å². The molecule has 0 aromatic rings. The second kappa shape index (κ2) is 10.2. The third-order valence-corrected chi connectivity index (χ3v) is 1.13. The lowest BCUT2D eigenvalue weighted by Gasteiger charge is -1.95. The Morgan fingerprint density at radius 1 is 0.762 bits per heavy atom. The second-order valence-electron chi connectivity index (χ2n) is 3.00. The zero-order chi connectivity index (χ0) is 17.1. The van der Waals surface area contributed by atoms with Crippen LogP contribution < -0.4 is 34.4 Å². The first-order chi connectivity index (χ1) is 9.41. The fraction of sp³-hybridized carbons (Fsp3) is 0.333. The van der Waals surface area contributed by atoms with Crippen LogP contribution in [-0.4, -0.2) is 54.5 Å². The molecule has 0 atom stereocenters. The zero-order valence-corrected chi connectivity index (χ0v) is 11.6. The number of guanidine groups is 4. The van der Waals surface area contributed by atoms with Gasteiger partial charge in [-0.1, -0.05) is 0 Å². The molecule has 0 aliphatic rings. The average molecular weight is 326 g/mol. The Bertz CT molecular complexity index is 486. The van der Waals surface area contributed by atoms with Crippen molar-refractivity contribution < 1.29 is 17.5 Å². The summed E-state index contributed by atoms with van der Waals surface area (Å²) >= 11 is 0. The Balaban J connectivity index is 0. The van der Waals surface area contributed by atoms with Gasteiger partial charge in [-0.2, -0.15) is 18.4 Å². The Morgan fingerprint density at radius 3 is 1.19 bits per heavy atom. The molecule has 0 aliphatic carbocycles. The SMILES string of the molecule is NC(N)=NC(N)=NCCN=C(N)N=C(N)N.O=S(=O)(O)O. The maximum absolute atomic E-state index is 8.74. The quantitative estimate of drug-likeness (QED) is 0.106. The molecular formula is C6H18N10O4S. The van der Waals surface area contributed by atoms with Crippen molar-refractivity contribution in [2.24, 2.45) is 54.4 Å². The molecule has 0 amide bonds. The van der Waals surface area contributed by atoms with Crippen molar-refractivity contribution in [3.8, 4) is 0 Å². The summed E-state index contributed by atoms with van der Waals surface area (Å²) in [4.78, 5) is 14.6. The molecule has 15 heteroatoms. The number of hydrogen-bond acceptors (Lipinski definition) is 4. The van der Waals surface area contributed by atoms with E-state index in [0.29, 0.717) is 0 Å². The summed E-state index contributed by atoms with van der Waals surface area (Å²) in [6.07, 6.45) is 0. The summed E-state index contributed by atoms with van der Waals surface area (Å²) in [6, 6.07) is 0. The highest BCUT2D eigenvalue weighted by molar-refractivity contribution is 7.79. The maximum Gasteiger partial charge on any atom is 0.394 e. The molecule has 21 heavy (non-hydrogen) atoms. The molecule has 0 aromatic carbocycles. The third kappa shape index (κ3) is 26.8. The van der Waals surface area contributed by atoms with Crippen LogP contribution in [0.1, 0.15) is 0 Å². The molecule has 0 radical (unpaired) electrons. The van der Waals surface area contributed by atoms with Crippen molar-refractivity contribution in [2.45, 2.75) is 0 Å². The monoisotopic (exact) mass is 326 g/mol. The van der Waals surface area contributed by atoms with Gasteiger partial charge in [-0.3, -0.25) is 9.11 Å². The summed E-state index contributed by atoms with van der Waals surface area (Å²) in [5, 5.41) is 0. The molecule has 0 aliphatic heterocycles. The van der Waals surface area contributed by atoms with Crippen LogP contribution in [0.25, 0.3) is 0 Å². The molecule has 0 unspecified atom stereocenters. The van der Waals surface area contributed by atoms with E-state index >= 15 is 0 Å². The minimum Gasteiger partial charge on any atom is -0.370 e. The predicted octanol–water partition coefficient (Wildman–Crippen LogP) is -4.49. The van der Waals surface area contributed by atoms with Gasteiger partial charge in [-0.25, -0.2) is 9.98 Å². The topological polar surface area (TPSA) is 280 Å². The highest BCUT2D eigenvalue weighted by Crippen LogP contribution is 1.78. The van der Waals surface area contributed by atoms with E-state index in [1.165, 1.54) is 0 Å². The molecule has 0 heterocycles.